The highest BCUT2D eigenvalue weighted by Gasteiger charge is 2.14. The van der Waals surface area contributed by atoms with Crippen LogP contribution >= 0.6 is 0 Å². The van der Waals surface area contributed by atoms with Gasteiger partial charge in [0.25, 0.3) is 0 Å². The van der Waals surface area contributed by atoms with Crippen LogP contribution in [0.5, 0.6) is 0 Å². The highest BCUT2D eigenvalue weighted by molar-refractivity contribution is 5.41. The van der Waals surface area contributed by atoms with Crippen molar-refractivity contribution in [3.63, 3.8) is 0 Å². The number of nitrogens with two attached hydrogens (primary N) is 1. The molecule has 1 saturated heterocycles. The van der Waals surface area contributed by atoms with E-state index in [4.69, 9.17) is 5.84 Å². The molecule has 0 amide bonds. The molecule has 0 saturated carbocycles. The summed E-state index contributed by atoms with van der Waals surface area (Å²) >= 11 is 0. The summed E-state index contributed by atoms with van der Waals surface area (Å²) in [5, 5.41) is 0. The first-order valence-corrected chi connectivity index (χ1v) is 4.52. The second-order valence-electron chi connectivity index (χ2n) is 3.31. The van der Waals surface area contributed by atoms with Crippen LogP contribution in [0.2, 0.25) is 0 Å². The molecule has 4 heteroatoms. The summed E-state index contributed by atoms with van der Waals surface area (Å²) in [4.78, 5) is 6.64. The summed E-state index contributed by atoms with van der Waals surface area (Å²) in [6.45, 7) is 3.33. The van der Waals surface area contributed by atoms with Gasteiger partial charge < -0.3 is 5.43 Å². The van der Waals surface area contributed by atoms with Crippen LogP contribution in [0.3, 0.4) is 0 Å². The lowest BCUT2D eigenvalue weighted by molar-refractivity contribution is 0.170. The summed E-state index contributed by atoms with van der Waals surface area (Å²) < 4.78 is 0. The number of pyridine rings is 1. The van der Waals surface area contributed by atoms with Crippen molar-refractivity contribution < 1.29 is 0 Å². The van der Waals surface area contributed by atoms with Gasteiger partial charge in [0.15, 0.2) is 0 Å². The number of nitrogens with one attached hydrogen (secondary N) is 1. The Kier molecular flexibility index (Phi) is 2.42. The normalized spacial score (nSPS) is 16.7. The molecule has 1 aliphatic heterocycles. The molecule has 0 atom stereocenters. The van der Waals surface area contributed by atoms with Crippen LogP contribution in [0.15, 0.2) is 18.3 Å². The topological polar surface area (TPSA) is 54.2 Å². The summed E-state index contributed by atoms with van der Waals surface area (Å²) in [7, 11) is 0. The molecular weight excluding hydrogens is 164 g/mol. The Morgan fingerprint density at radius 3 is 3.00 bits per heavy atom. The Morgan fingerprint density at radius 1 is 1.54 bits per heavy atom. The predicted molar refractivity (Wildman–Crippen MR) is 51.9 cm³/mol. The minimum Gasteiger partial charge on any atom is -0.324 e. The van der Waals surface area contributed by atoms with Crippen LogP contribution in [-0.4, -0.2) is 23.0 Å². The maximum Gasteiger partial charge on any atom is 0.0564 e. The van der Waals surface area contributed by atoms with Crippen LogP contribution in [0, 0.1) is 0 Å². The van der Waals surface area contributed by atoms with Gasteiger partial charge in [-0.2, -0.15) is 0 Å². The number of hydrazine groups is 1. The van der Waals surface area contributed by atoms with Crippen LogP contribution < -0.4 is 11.3 Å². The van der Waals surface area contributed by atoms with E-state index in [1.54, 1.807) is 6.20 Å². The van der Waals surface area contributed by atoms with Crippen molar-refractivity contribution in [2.24, 2.45) is 5.84 Å². The zero-order chi connectivity index (χ0) is 9.10. The van der Waals surface area contributed by atoms with Crippen molar-refractivity contribution in [2.45, 2.75) is 13.0 Å². The van der Waals surface area contributed by atoms with Gasteiger partial charge in [0.2, 0.25) is 0 Å². The number of aromatic nitrogens is 1. The van der Waals surface area contributed by atoms with E-state index in [9.17, 15) is 0 Å². The third-order valence-electron chi connectivity index (χ3n) is 2.32. The molecule has 1 aromatic rings. The van der Waals surface area contributed by atoms with E-state index in [0.717, 1.165) is 17.9 Å². The average molecular weight is 178 g/mol. The van der Waals surface area contributed by atoms with E-state index in [0.29, 0.717) is 0 Å². The number of nitrogen functional groups attached to an aromatic ring is 1. The van der Waals surface area contributed by atoms with Gasteiger partial charge >= 0.3 is 0 Å². The van der Waals surface area contributed by atoms with E-state index in [-0.39, 0.29) is 0 Å². The third-order valence-corrected chi connectivity index (χ3v) is 2.32. The van der Waals surface area contributed by atoms with E-state index in [1.165, 1.54) is 19.5 Å². The Balaban J connectivity index is 2.01. The summed E-state index contributed by atoms with van der Waals surface area (Å²) in [6, 6.07) is 3.85. The Morgan fingerprint density at radius 2 is 2.38 bits per heavy atom. The second kappa shape index (κ2) is 3.72. The number of hydrogen-bond acceptors (Lipinski definition) is 4. The minimum absolute atomic E-state index is 0.922. The van der Waals surface area contributed by atoms with E-state index < -0.39 is 0 Å². The number of nitrogens with zero attached hydrogens (tertiary/aromatic N) is 2. The van der Waals surface area contributed by atoms with Crippen LogP contribution in [0.1, 0.15) is 12.1 Å². The fraction of sp³-hybridized carbons (Fsp3) is 0.444. The predicted octanol–water partition coefficient (Wildman–Crippen LogP) is 0.573. The highest BCUT2D eigenvalue weighted by atomic mass is 15.2. The van der Waals surface area contributed by atoms with Gasteiger partial charge in [0.1, 0.15) is 0 Å². The van der Waals surface area contributed by atoms with Crippen LogP contribution in [0.25, 0.3) is 0 Å². The maximum absolute atomic E-state index is 5.30. The summed E-state index contributed by atoms with van der Waals surface area (Å²) in [5.74, 6) is 5.30. The SMILES string of the molecule is NNc1ccnc(CN2CCC2)c1. The monoisotopic (exact) mass is 178 g/mol. The standard InChI is InChI=1S/C9H14N4/c10-12-8-2-3-11-9(6-8)7-13-4-1-5-13/h2-3,6H,1,4-5,7,10H2,(H,11,12). The molecular formula is C9H14N4. The van der Waals surface area contributed by atoms with Crippen molar-refractivity contribution in [3.05, 3.63) is 24.0 Å². The third kappa shape index (κ3) is 1.96. The fourth-order valence-corrected chi connectivity index (χ4v) is 1.42. The summed E-state index contributed by atoms with van der Waals surface area (Å²) in [6.07, 6.45) is 3.10. The lowest BCUT2D eigenvalue weighted by atomic mass is 10.2. The first-order valence-electron chi connectivity index (χ1n) is 4.52. The average Bonchev–Trinajstić information content (AvgIpc) is 2.12. The molecule has 1 fully saturated rings. The van der Waals surface area contributed by atoms with E-state index in [1.807, 2.05) is 12.1 Å². The molecule has 2 rings (SSSR count). The molecule has 0 spiro atoms. The zero-order valence-corrected chi connectivity index (χ0v) is 7.53. The van der Waals surface area contributed by atoms with Gasteiger partial charge in [-0.3, -0.25) is 15.7 Å². The van der Waals surface area contributed by atoms with Crippen molar-refractivity contribution in [2.75, 3.05) is 18.5 Å². The number of likely N-dealkylation sites (tertiary alicyclic amines) is 1. The van der Waals surface area contributed by atoms with Gasteiger partial charge in [-0.05, 0) is 31.6 Å². The van der Waals surface area contributed by atoms with Gasteiger partial charge in [0.05, 0.1) is 11.4 Å². The zero-order valence-electron chi connectivity index (χ0n) is 7.53. The first-order chi connectivity index (χ1) is 6.38. The number of hydrogen-bond donors (Lipinski definition) is 2. The number of rotatable bonds is 3. The van der Waals surface area contributed by atoms with Crippen LogP contribution in [0.4, 0.5) is 5.69 Å². The van der Waals surface area contributed by atoms with E-state index >= 15 is 0 Å². The van der Waals surface area contributed by atoms with Gasteiger partial charge in [-0.15, -0.1) is 0 Å². The maximum atomic E-state index is 5.30. The van der Waals surface area contributed by atoms with Crippen LogP contribution in [-0.2, 0) is 6.54 Å². The molecule has 0 aliphatic carbocycles. The Labute approximate surface area is 77.7 Å². The van der Waals surface area contributed by atoms with Gasteiger partial charge in [-0.25, -0.2) is 0 Å². The second-order valence-corrected chi connectivity index (χ2v) is 3.31. The largest absolute Gasteiger partial charge is 0.324 e. The van der Waals surface area contributed by atoms with Crippen molar-refractivity contribution in [1.82, 2.24) is 9.88 Å². The summed E-state index contributed by atoms with van der Waals surface area (Å²) in [5.41, 5.74) is 4.62. The molecule has 0 bridgehead atoms. The molecule has 1 aromatic heterocycles. The Bertz CT molecular complexity index is 283. The smallest absolute Gasteiger partial charge is 0.0564 e. The fourth-order valence-electron chi connectivity index (χ4n) is 1.42. The highest BCUT2D eigenvalue weighted by Crippen LogP contribution is 2.12. The Hall–Kier alpha value is -1.13. The minimum atomic E-state index is 0.922. The molecule has 0 aromatic carbocycles. The molecule has 0 radical (unpaired) electrons. The molecule has 13 heavy (non-hydrogen) atoms. The van der Waals surface area contributed by atoms with E-state index in [2.05, 4.69) is 15.3 Å². The molecule has 1 aliphatic rings. The van der Waals surface area contributed by atoms with Crippen molar-refractivity contribution in [1.29, 1.82) is 0 Å². The first kappa shape index (κ1) is 8.47. The van der Waals surface area contributed by atoms with Crippen molar-refractivity contribution in [3.8, 4) is 0 Å². The van der Waals surface area contributed by atoms with Gasteiger partial charge in [-0.1, -0.05) is 0 Å². The molecule has 70 valence electrons. The molecule has 3 N–H and O–H groups in total. The van der Waals surface area contributed by atoms with Crippen molar-refractivity contribution >= 4 is 5.69 Å². The molecule has 2 heterocycles. The lowest BCUT2D eigenvalue weighted by Crippen LogP contribution is -2.36. The quantitative estimate of drug-likeness (QED) is 0.525. The molecule has 0 unspecified atom stereocenters. The lowest BCUT2D eigenvalue weighted by Gasteiger charge is -2.30. The number of anilines is 1. The molecule has 4 nitrogen and oxygen atoms in total. The van der Waals surface area contributed by atoms with Gasteiger partial charge in [0, 0.05) is 12.7 Å².